The van der Waals surface area contributed by atoms with Crippen molar-refractivity contribution in [2.75, 3.05) is 23.8 Å². The summed E-state index contributed by atoms with van der Waals surface area (Å²) in [6, 6.07) is 22.5. The molecule has 0 spiro atoms. The number of nitrogens with one attached hydrogen (secondary N) is 3. The lowest BCUT2D eigenvalue weighted by Gasteiger charge is -2.07. The molecule has 0 aliphatic heterocycles. The standard InChI is InChI=1S/C26H26N4O5/c1-2-16-34-22-14-10-21(11-15-22)29-25(32)26(33)30-27-17-19-8-12-23(13-9-19)35-18-24(31)28-20-6-4-3-5-7-20/h3-15,17H,2,16,18H2,1H3,(H,28,31)(H,29,32)(H,30,33)/b27-17-. The van der Waals surface area contributed by atoms with Crippen molar-refractivity contribution >= 4 is 35.3 Å². The number of carbonyl (C=O) groups excluding carboxylic acids is 3. The summed E-state index contributed by atoms with van der Waals surface area (Å²) in [5, 5.41) is 9.01. The van der Waals surface area contributed by atoms with E-state index in [-0.39, 0.29) is 12.5 Å². The van der Waals surface area contributed by atoms with E-state index in [1.807, 2.05) is 25.1 Å². The van der Waals surface area contributed by atoms with Crippen LogP contribution in [0.5, 0.6) is 11.5 Å². The largest absolute Gasteiger partial charge is 0.494 e. The molecule has 0 aromatic heterocycles. The van der Waals surface area contributed by atoms with Crippen LogP contribution in [-0.2, 0) is 14.4 Å². The van der Waals surface area contributed by atoms with Crippen LogP contribution >= 0.6 is 0 Å². The van der Waals surface area contributed by atoms with Crippen LogP contribution in [0.25, 0.3) is 0 Å². The van der Waals surface area contributed by atoms with Gasteiger partial charge in [0.25, 0.3) is 5.91 Å². The first-order valence-corrected chi connectivity index (χ1v) is 11.0. The van der Waals surface area contributed by atoms with Gasteiger partial charge in [-0.2, -0.15) is 5.10 Å². The highest BCUT2D eigenvalue weighted by atomic mass is 16.5. The summed E-state index contributed by atoms with van der Waals surface area (Å²) in [6.07, 6.45) is 2.28. The number of nitrogens with zero attached hydrogens (tertiary/aromatic N) is 1. The molecule has 3 aromatic carbocycles. The summed E-state index contributed by atoms with van der Waals surface area (Å²) in [6.45, 7) is 2.48. The van der Waals surface area contributed by atoms with Crippen LogP contribution in [0.2, 0.25) is 0 Å². The Morgan fingerprint density at radius 3 is 2.09 bits per heavy atom. The van der Waals surface area contributed by atoms with Gasteiger partial charge < -0.3 is 20.1 Å². The number of anilines is 2. The Hall–Kier alpha value is -4.66. The van der Waals surface area contributed by atoms with Crippen molar-refractivity contribution < 1.29 is 23.9 Å². The fraction of sp³-hybridized carbons (Fsp3) is 0.154. The molecular weight excluding hydrogens is 448 g/mol. The molecule has 180 valence electrons. The molecule has 0 aliphatic rings. The topological polar surface area (TPSA) is 118 Å². The number of hydrazone groups is 1. The molecule has 0 aliphatic carbocycles. The Balaban J connectivity index is 1.40. The molecule has 3 amide bonds. The normalized spacial score (nSPS) is 10.4. The lowest BCUT2D eigenvalue weighted by Crippen LogP contribution is -2.32. The zero-order chi connectivity index (χ0) is 24.9. The summed E-state index contributed by atoms with van der Waals surface area (Å²) in [7, 11) is 0. The molecule has 9 nitrogen and oxygen atoms in total. The first-order chi connectivity index (χ1) is 17.0. The molecule has 0 unspecified atom stereocenters. The van der Waals surface area contributed by atoms with Crippen LogP contribution in [0.15, 0.2) is 84.0 Å². The minimum Gasteiger partial charge on any atom is -0.494 e. The van der Waals surface area contributed by atoms with Gasteiger partial charge in [0.05, 0.1) is 12.8 Å². The monoisotopic (exact) mass is 474 g/mol. The minimum atomic E-state index is -0.906. The van der Waals surface area contributed by atoms with Crippen molar-refractivity contribution in [1.29, 1.82) is 0 Å². The van der Waals surface area contributed by atoms with Gasteiger partial charge in [0.15, 0.2) is 6.61 Å². The Morgan fingerprint density at radius 1 is 0.771 bits per heavy atom. The number of para-hydroxylation sites is 1. The SMILES string of the molecule is CCCOc1ccc(NC(=O)C(=O)N/N=C\c2ccc(OCC(=O)Nc3ccccc3)cc2)cc1. The zero-order valence-electron chi connectivity index (χ0n) is 19.2. The Kier molecular flexibility index (Phi) is 9.38. The number of rotatable bonds is 10. The van der Waals surface area contributed by atoms with Gasteiger partial charge in [-0.15, -0.1) is 0 Å². The van der Waals surface area contributed by atoms with Crippen molar-refractivity contribution in [1.82, 2.24) is 5.43 Å². The molecule has 0 heterocycles. The Labute approximate surface area is 203 Å². The first kappa shape index (κ1) is 25.0. The molecule has 0 fully saturated rings. The third-order valence-electron chi connectivity index (χ3n) is 4.48. The number of benzene rings is 3. The molecule has 3 rings (SSSR count). The third-order valence-corrected chi connectivity index (χ3v) is 4.48. The molecule has 0 radical (unpaired) electrons. The summed E-state index contributed by atoms with van der Waals surface area (Å²) in [5.74, 6) is -0.840. The van der Waals surface area contributed by atoms with E-state index < -0.39 is 11.8 Å². The highest BCUT2D eigenvalue weighted by molar-refractivity contribution is 6.39. The fourth-order valence-corrected chi connectivity index (χ4v) is 2.78. The highest BCUT2D eigenvalue weighted by Gasteiger charge is 2.12. The number of carbonyl (C=O) groups is 3. The second kappa shape index (κ2) is 13.1. The summed E-state index contributed by atoms with van der Waals surface area (Å²) >= 11 is 0. The number of hydrogen-bond donors (Lipinski definition) is 3. The van der Waals surface area contributed by atoms with Crippen molar-refractivity contribution in [2.24, 2.45) is 5.10 Å². The van der Waals surface area contributed by atoms with Crippen molar-refractivity contribution in [3.05, 3.63) is 84.4 Å². The molecule has 0 atom stereocenters. The van der Waals surface area contributed by atoms with Gasteiger partial charge in [-0.05, 0) is 72.6 Å². The van der Waals surface area contributed by atoms with Crippen LogP contribution in [0.4, 0.5) is 11.4 Å². The smallest absolute Gasteiger partial charge is 0.329 e. The van der Waals surface area contributed by atoms with Crippen molar-refractivity contribution in [3.8, 4) is 11.5 Å². The lowest BCUT2D eigenvalue weighted by molar-refractivity contribution is -0.136. The summed E-state index contributed by atoms with van der Waals surface area (Å²) in [4.78, 5) is 35.9. The zero-order valence-corrected chi connectivity index (χ0v) is 19.2. The minimum absolute atomic E-state index is 0.137. The second-order valence-corrected chi connectivity index (χ2v) is 7.30. The molecule has 3 aromatic rings. The van der Waals surface area contributed by atoms with E-state index in [2.05, 4.69) is 21.2 Å². The number of ether oxygens (including phenoxy) is 2. The number of hydrogen-bond acceptors (Lipinski definition) is 6. The van der Waals surface area contributed by atoms with Gasteiger partial charge in [-0.25, -0.2) is 5.43 Å². The van der Waals surface area contributed by atoms with Gasteiger partial charge in [-0.3, -0.25) is 14.4 Å². The molecular formula is C26H26N4O5. The molecule has 0 saturated heterocycles. The highest BCUT2D eigenvalue weighted by Crippen LogP contribution is 2.16. The van der Waals surface area contributed by atoms with Crippen LogP contribution in [0, 0.1) is 0 Å². The summed E-state index contributed by atoms with van der Waals surface area (Å²) < 4.78 is 10.9. The molecule has 0 saturated carbocycles. The Morgan fingerprint density at radius 2 is 1.40 bits per heavy atom. The van der Waals surface area contributed by atoms with Gasteiger partial charge in [0.1, 0.15) is 11.5 Å². The van der Waals surface area contributed by atoms with Crippen molar-refractivity contribution in [3.63, 3.8) is 0 Å². The van der Waals surface area contributed by atoms with Gasteiger partial charge in [0.2, 0.25) is 0 Å². The summed E-state index contributed by atoms with van der Waals surface area (Å²) in [5.41, 5.74) is 4.00. The maximum Gasteiger partial charge on any atom is 0.329 e. The molecule has 0 bridgehead atoms. The first-order valence-electron chi connectivity index (χ1n) is 11.0. The van der Waals surface area contributed by atoms with Gasteiger partial charge >= 0.3 is 11.8 Å². The number of amides is 3. The molecule has 35 heavy (non-hydrogen) atoms. The van der Waals surface area contributed by atoms with Crippen LogP contribution < -0.4 is 25.5 Å². The van der Waals surface area contributed by atoms with E-state index in [9.17, 15) is 14.4 Å². The van der Waals surface area contributed by atoms with Crippen LogP contribution in [0.1, 0.15) is 18.9 Å². The second-order valence-electron chi connectivity index (χ2n) is 7.30. The van der Waals surface area contributed by atoms with E-state index in [0.29, 0.717) is 35.0 Å². The van der Waals surface area contributed by atoms with E-state index in [4.69, 9.17) is 9.47 Å². The average molecular weight is 475 g/mol. The van der Waals surface area contributed by atoms with Crippen LogP contribution in [0.3, 0.4) is 0 Å². The van der Waals surface area contributed by atoms with Gasteiger partial charge in [-0.1, -0.05) is 25.1 Å². The van der Waals surface area contributed by atoms with Crippen LogP contribution in [-0.4, -0.2) is 37.1 Å². The fourth-order valence-electron chi connectivity index (χ4n) is 2.78. The lowest BCUT2D eigenvalue weighted by atomic mass is 10.2. The third kappa shape index (κ3) is 8.65. The van der Waals surface area contributed by atoms with E-state index >= 15 is 0 Å². The maximum absolute atomic E-state index is 12.0. The quantitative estimate of drug-likeness (QED) is 0.236. The predicted octanol–water partition coefficient (Wildman–Crippen LogP) is 3.58. The Bertz CT molecular complexity index is 1150. The van der Waals surface area contributed by atoms with Gasteiger partial charge in [0, 0.05) is 11.4 Å². The van der Waals surface area contributed by atoms with E-state index in [0.717, 1.165) is 6.42 Å². The molecule has 3 N–H and O–H groups in total. The molecule has 9 heteroatoms. The van der Waals surface area contributed by atoms with E-state index in [1.54, 1.807) is 60.7 Å². The predicted molar refractivity (Wildman–Crippen MR) is 134 cm³/mol. The maximum atomic E-state index is 12.0. The van der Waals surface area contributed by atoms with Crippen molar-refractivity contribution in [2.45, 2.75) is 13.3 Å². The van der Waals surface area contributed by atoms with E-state index in [1.165, 1.54) is 6.21 Å². The average Bonchev–Trinajstić information content (AvgIpc) is 2.88.